The van der Waals surface area contributed by atoms with E-state index in [1.54, 1.807) is 27.7 Å². The van der Waals surface area contributed by atoms with Crippen LogP contribution in [-0.2, 0) is 4.74 Å². The van der Waals surface area contributed by atoms with Gasteiger partial charge in [0.2, 0.25) is 0 Å². The van der Waals surface area contributed by atoms with E-state index in [9.17, 15) is 9.18 Å². The molecule has 0 aliphatic carbocycles. The van der Waals surface area contributed by atoms with Gasteiger partial charge in [-0.3, -0.25) is 5.32 Å². The van der Waals surface area contributed by atoms with Gasteiger partial charge in [0.1, 0.15) is 17.5 Å². The minimum Gasteiger partial charge on any atom is -0.444 e. The lowest BCUT2D eigenvalue weighted by molar-refractivity contribution is 0.0636. The van der Waals surface area contributed by atoms with E-state index in [4.69, 9.17) is 10.00 Å². The molecule has 0 spiro atoms. The molecule has 0 saturated carbocycles. The molecule has 0 aliphatic heterocycles. The van der Waals surface area contributed by atoms with Crippen LogP contribution in [0.5, 0.6) is 0 Å². The van der Waals surface area contributed by atoms with Crippen molar-refractivity contribution in [3.8, 4) is 6.07 Å². The molecule has 0 heterocycles. The Morgan fingerprint density at radius 1 is 1.44 bits per heavy atom. The summed E-state index contributed by atoms with van der Waals surface area (Å²) in [5, 5.41) is 11.3. The number of ether oxygens (including phenoxy) is 1. The summed E-state index contributed by atoms with van der Waals surface area (Å²) in [5.41, 5.74) is 0.0149. The normalized spacial score (nSPS) is 10.7. The number of hydrogen-bond acceptors (Lipinski definition) is 3. The maximum atomic E-state index is 13.3. The van der Waals surface area contributed by atoms with Crippen molar-refractivity contribution in [1.82, 2.24) is 0 Å². The Balaban J connectivity index is 2.95. The lowest BCUT2D eigenvalue weighted by Crippen LogP contribution is -2.27. The first kappa shape index (κ1) is 14.0. The molecular formula is C13H15FN2O2. The van der Waals surface area contributed by atoms with Gasteiger partial charge in [-0.2, -0.15) is 5.26 Å². The first-order chi connectivity index (χ1) is 8.23. The van der Waals surface area contributed by atoms with Gasteiger partial charge in [-0.1, -0.05) is 0 Å². The minimum atomic E-state index is -0.676. The third-order valence-corrected chi connectivity index (χ3v) is 2.05. The van der Waals surface area contributed by atoms with Gasteiger partial charge in [0, 0.05) is 0 Å². The third kappa shape index (κ3) is 3.74. The highest BCUT2D eigenvalue weighted by Gasteiger charge is 2.17. The zero-order valence-corrected chi connectivity index (χ0v) is 10.8. The van der Waals surface area contributed by atoms with Crippen LogP contribution in [-0.4, -0.2) is 11.7 Å². The maximum Gasteiger partial charge on any atom is 0.412 e. The molecule has 0 fully saturated rings. The summed E-state index contributed by atoms with van der Waals surface area (Å²) in [6, 6.07) is 4.31. The largest absolute Gasteiger partial charge is 0.444 e. The third-order valence-electron chi connectivity index (χ3n) is 2.05. The van der Waals surface area contributed by atoms with Gasteiger partial charge in [-0.25, -0.2) is 9.18 Å². The highest BCUT2D eigenvalue weighted by Crippen LogP contribution is 2.20. The maximum absolute atomic E-state index is 13.3. The number of carbonyl (C=O) groups excluding carboxylic acids is 1. The van der Waals surface area contributed by atoms with Crippen LogP contribution in [0.3, 0.4) is 0 Å². The molecule has 5 heteroatoms. The molecule has 1 rings (SSSR count). The average molecular weight is 250 g/mol. The molecular weight excluding hydrogens is 235 g/mol. The summed E-state index contributed by atoms with van der Waals surface area (Å²) in [4.78, 5) is 11.6. The van der Waals surface area contributed by atoms with Gasteiger partial charge in [-0.15, -0.1) is 0 Å². The molecule has 1 amide bonds. The Bertz CT molecular complexity index is 513. The van der Waals surface area contributed by atoms with Crippen LogP contribution in [0.4, 0.5) is 14.9 Å². The van der Waals surface area contributed by atoms with Gasteiger partial charge < -0.3 is 4.74 Å². The minimum absolute atomic E-state index is 0.0592. The number of nitrogens with one attached hydrogen (secondary N) is 1. The predicted molar refractivity (Wildman–Crippen MR) is 65.7 cm³/mol. The average Bonchev–Trinajstić information content (AvgIpc) is 2.20. The van der Waals surface area contributed by atoms with Crippen LogP contribution in [0, 0.1) is 24.1 Å². The second-order valence-electron chi connectivity index (χ2n) is 4.89. The van der Waals surface area contributed by atoms with Gasteiger partial charge in [0.25, 0.3) is 0 Å². The predicted octanol–water partition coefficient (Wildman–Crippen LogP) is 3.35. The highest BCUT2D eigenvalue weighted by atomic mass is 19.1. The van der Waals surface area contributed by atoms with Crippen LogP contribution in [0.25, 0.3) is 0 Å². The highest BCUT2D eigenvalue weighted by molar-refractivity contribution is 5.87. The fourth-order valence-electron chi connectivity index (χ4n) is 1.29. The van der Waals surface area contributed by atoms with Crippen molar-refractivity contribution in [3.05, 3.63) is 29.1 Å². The lowest BCUT2D eigenvalue weighted by atomic mass is 10.1. The number of amides is 1. The van der Waals surface area contributed by atoms with Crippen LogP contribution < -0.4 is 5.32 Å². The van der Waals surface area contributed by atoms with E-state index in [0.29, 0.717) is 5.56 Å². The SMILES string of the molecule is Cc1cc(NC(=O)OC(C)(C)C)c(C#N)cc1F. The molecule has 0 aliphatic rings. The number of anilines is 1. The van der Waals surface area contributed by atoms with Gasteiger partial charge in [0.15, 0.2) is 0 Å². The van der Waals surface area contributed by atoms with Crippen LogP contribution in [0.2, 0.25) is 0 Å². The Kier molecular flexibility index (Phi) is 3.92. The monoisotopic (exact) mass is 250 g/mol. The van der Waals surface area contributed by atoms with Gasteiger partial charge in [0.05, 0.1) is 11.3 Å². The van der Waals surface area contributed by atoms with E-state index < -0.39 is 17.5 Å². The lowest BCUT2D eigenvalue weighted by Gasteiger charge is -2.20. The number of nitrogens with zero attached hydrogens (tertiary/aromatic N) is 1. The molecule has 1 aromatic carbocycles. The summed E-state index contributed by atoms with van der Waals surface area (Å²) in [7, 11) is 0. The number of benzene rings is 1. The van der Waals surface area contributed by atoms with Crippen molar-refractivity contribution < 1.29 is 13.9 Å². The molecule has 0 radical (unpaired) electrons. The van der Waals surface area contributed by atoms with Crippen molar-refractivity contribution in [3.63, 3.8) is 0 Å². The first-order valence-corrected chi connectivity index (χ1v) is 5.43. The van der Waals surface area contributed by atoms with Crippen LogP contribution in [0.15, 0.2) is 12.1 Å². The fraction of sp³-hybridized carbons (Fsp3) is 0.385. The molecule has 1 N–H and O–H groups in total. The zero-order valence-electron chi connectivity index (χ0n) is 10.8. The van der Waals surface area contributed by atoms with E-state index in [0.717, 1.165) is 6.07 Å². The fourth-order valence-corrected chi connectivity index (χ4v) is 1.29. The Labute approximate surface area is 105 Å². The number of rotatable bonds is 1. The molecule has 0 bridgehead atoms. The summed E-state index contributed by atoms with van der Waals surface area (Å²) in [6.45, 7) is 6.74. The van der Waals surface area contributed by atoms with Crippen molar-refractivity contribution >= 4 is 11.8 Å². The first-order valence-electron chi connectivity index (χ1n) is 5.43. The summed E-state index contributed by atoms with van der Waals surface area (Å²) >= 11 is 0. The van der Waals surface area contributed by atoms with E-state index in [2.05, 4.69) is 5.32 Å². The van der Waals surface area contributed by atoms with Gasteiger partial charge >= 0.3 is 6.09 Å². The summed E-state index contributed by atoms with van der Waals surface area (Å²) in [5.74, 6) is -0.485. The quantitative estimate of drug-likeness (QED) is 0.831. The molecule has 4 nitrogen and oxygen atoms in total. The number of nitriles is 1. The van der Waals surface area contributed by atoms with E-state index >= 15 is 0 Å². The van der Waals surface area contributed by atoms with Crippen molar-refractivity contribution in [2.45, 2.75) is 33.3 Å². The van der Waals surface area contributed by atoms with Gasteiger partial charge in [-0.05, 0) is 45.4 Å². The van der Waals surface area contributed by atoms with E-state index in [-0.39, 0.29) is 11.3 Å². The topological polar surface area (TPSA) is 62.1 Å². The summed E-state index contributed by atoms with van der Waals surface area (Å²) in [6.07, 6.45) is -0.676. The zero-order chi connectivity index (χ0) is 13.9. The van der Waals surface area contributed by atoms with E-state index in [1.807, 2.05) is 6.07 Å². The number of halogens is 1. The standard InChI is InChI=1S/C13H15FN2O2/c1-8-5-11(9(7-15)6-10(8)14)16-12(17)18-13(2,3)4/h5-6H,1-4H3,(H,16,17). The van der Waals surface area contributed by atoms with Crippen LogP contribution >= 0.6 is 0 Å². The van der Waals surface area contributed by atoms with Crippen molar-refractivity contribution in [2.24, 2.45) is 0 Å². The smallest absolute Gasteiger partial charge is 0.412 e. The summed E-state index contributed by atoms with van der Waals surface area (Å²) < 4.78 is 18.3. The Morgan fingerprint density at radius 2 is 2.06 bits per heavy atom. The number of carbonyl (C=O) groups is 1. The Hall–Kier alpha value is -2.09. The molecule has 0 aromatic heterocycles. The molecule has 96 valence electrons. The molecule has 0 unspecified atom stereocenters. The number of hydrogen-bond donors (Lipinski definition) is 1. The molecule has 0 atom stereocenters. The Morgan fingerprint density at radius 3 is 2.56 bits per heavy atom. The van der Waals surface area contributed by atoms with Crippen molar-refractivity contribution in [1.29, 1.82) is 5.26 Å². The van der Waals surface area contributed by atoms with Crippen molar-refractivity contribution in [2.75, 3.05) is 5.32 Å². The number of aryl methyl sites for hydroxylation is 1. The molecule has 0 saturated heterocycles. The molecule has 18 heavy (non-hydrogen) atoms. The van der Waals surface area contributed by atoms with Crippen LogP contribution in [0.1, 0.15) is 31.9 Å². The van der Waals surface area contributed by atoms with E-state index in [1.165, 1.54) is 6.07 Å². The second-order valence-corrected chi connectivity index (χ2v) is 4.89. The second kappa shape index (κ2) is 5.05. The molecule has 1 aromatic rings.